The summed E-state index contributed by atoms with van der Waals surface area (Å²) in [6.45, 7) is 2.18. The molecule has 0 unspecified atom stereocenters. The summed E-state index contributed by atoms with van der Waals surface area (Å²) in [6, 6.07) is 8.35. The van der Waals surface area contributed by atoms with Crippen molar-refractivity contribution in [2.45, 2.75) is 44.3 Å². The maximum absolute atomic E-state index is 10.3. The summed E-state index contributed by atoms with van der Waals surface area (Å²) in [5.41, 5.74) is 1.73. The van der Waals surface area contributed by atoms with Crippen LogP contribution < -0.4 is 0 Å². The van der Waals surface area contributed by atoms with E-state index in [4.69, 9.17) is 4.74 Å². The summed E-state index contributed by atoms with van der Waals surface area (Å²) in [4.78, 5) is 0. The van der Waals surface area contributed by atoms with Crippen molar-refractivity contribution in [1.82, 2.24) is 0 Å². The first-order chi connectivity index (χ1) is 7.68. The van der Waals surface area contributed by atoms with Crippen molar-refractivity contribution in [1.29, 1.82) is 0 Å². The molecular formula is C14H20O2. The van der Waals surface area contributed by atoms with Gasteiger partial charge in [-0.2, -0.15) is 0 Å². The maximum atomic E-state index is 10.3. The Balaban J connectivity index is 2.05. The lowest BCUT2D eigenvalue weighted by molar-refractivity contribution is -0.133. The van der Waals surface area contributed by atoms with Crippen LogP contribution in [0.25, 0.3) is 0 Å². The van der Waals surface area contributed by atoms with E-state index in [1.165, 1.54) is 5.56 Å². The van der Waals surface area contributed by atoms with E-state index in [-0.39, 0.29) is 6.10 Å². The summed E-state index contributed by atoms with van der Waals surface area (Å²) in [6.07, 6.45) is 3.93. The van der Waals surface area contributed by atoms with Gasteiger partial charge in [-0.1, -0.05) is 37.6 Å². The highest BCUT2D eigenvalue weighted by Crippen LogP contribution is 2.42. The van der Waals surface area contributed by atoms with Gasteiger partial charge in [0, 0.05) is 20.0 Å². The number of aryl methyl sites for hydroxylation is 1. The third-order valence-electron chi connectivity index (χ3n) is 3.49. The Morgan fingerprint density at radius 1 is 1.31 bits per heavy atom. The molecule has 1 aromatic carbocycles. The zero-order valence-electron chi connectivity index (χ0n) is 10.1. The van der Waals surface area contributed by atoms with Crippen LogP contribution in [0, 0.1) is 0 Å². The van der Waals surface area contributed by atoms with E-state index in [1.54, 1.807) is 7.11 Å². The van der Waals surface area contributed by atoms with E-state index < -0.39 is 5.60 Å². The molecule has 0 saturated heterocycles. The number of hydrogen-bond acceptors (Lipinski definition) is 2. The van der Waals surface area contributed by atoms with Crippen LogP contribution in [0.1, 0.15) is 37.3 Å². The van der Waals surface area contributed by atoms with Crippen molar-refractivity contribution in [3.05, 3.63) is 35.4 Å². The normalized spacial score (nSPS) is 28.8. The second kappa shape index (κ2) is 4.56. The Morgan fingerprint density at radius 3 is 2.44 bits per heavy atom. The van der Waals surface area contributed by atoms with Gasteiger partial charge in [-0.05, 0) is 17.5 Å². The number of hydrogen-bond donors (Lipinski definition) is 1. The molecule has 1 aliphatic carbocycles. The van der Waals surface area contributed by atoms with Gasteiger partial charge in [0.05, 0.1) is 11.7 Å². The van der Waals surface area contributed by atoms with Crippen LogP contribution in [0.5, 0.6) is 0 Å². The van der Waals surface area contributed by atoms with E-state index >= 15 is 0 Å². The Kier molecular flexibility index (Phi) is 3.31. The van der Waals surface area contributed by atoms with E-state index in [9.17, 15) is 5.11 Å². The quantitative estimate of drug-likeness (QED) is 0.845. The highest BCUT2D eigenvalue weighted by atomic mass is 16.5. The van der Waals surface area contributed by atoms with Crippen molar-refractivity contribution in [2.75, 3.05) is 7.11 Å². The van der Waals surface area contributed by atoms with Crippen molar-refractivity contribution < 1.29 is 9.84 Å². The van der Waals surface area contributed by atoms with Gasteiger partial charge >= 0.3 is 0 Å². The second-order valence-corrected chi connectivity index (χ2v) is 4.74. The van der Waals surface area contributed by atoms with Crippen LogP contribution in [-0.2, 0) is 16.8 Å². The first kappa shape index (κ1) is 11.6. The fourth-order valence-corrected chi connectivity index (χ4v) is 2.37. The molecule has 1 aromatic rings. The van der Waals surface area contributed by atoms with Crippen LogP contribution in [-0.4, -0.2) is 18.3 Å². The molecule has 1 saturated carbocycles. The Hall–Kier alpha value is -0.860. The van der Waals surface area contributed by atoms with Gasteiger partial charge in [0.2, 0.25) is 0 Å². The first-order valence-electron chi connectivity index (χ1n) is 6.02. The minimum absolute atomic E-state index is 0.223. The van der Waals surface area contributed by atoms with Gasteiger partial charge in [-0.15, -0.1) is 0 Å². The minimum Gasteiger partial charge on any atom is -0.385 e. The molecule has 1 N–H and O–H groups in total. The van der Waals surface area contributed by atoms with Crippen LogP contribution >= 0.6 is 0 Å². The van der Waals surface area contributed by atoms with Crippen LogP contribution in [0.2, 0.25) is 0 Å². The minimum atomic E-state index is -0.647. The smallest absolute Gasteiger partial charge is 0.0945 e. The van der Waals surface area contributed by atoms with Gasteiger partial charge in [0.15, 0.2) is 0 Å². The predicted octanol–water partition coefficient (Wildman–Crippen LogP) is 2.64. The molecule has 2 heteroatoms. The highest BCUT2D eigenvalue weighted by Gasteiger charge is 2.44. The Bertz CT molecular complexity index is 336. The average Bonchev–Trinajstić information content (AvgIpc) is 2.26. The van der Waals surface area contributed by atoms with Crippen LogP contribution in [0.3, 0.4) is 0 Å². The number of ether oxygens (including phenoxy) is 1. The zero-order valence-corrected chi connectivity index (χ0v) is 10.1. The Labute approximate surface area is 97.3 Å². The summed E-state index contributed by atoms with van der Waals surface area (Å²) < 4.78 is 5.21. The van der Waals surface area contributed by atoms with E-state index in [2.05, 4.69) is 31.2 Å². The molecule has 1 aliphatic rings. The molecule has 2 nitrogen and oxygen atoms in total. The third kappa shape index (κ3) is 2.13. The van der Waals surface area contributed by atoms with Crippen LogP contribution in [0.4, 0.5) is 0 Å². The van der Waals surface area contributed by atoms with Crippen molar-refractivity contribution in [2.24, 2.45) is 0 Å². The monoisotopic (exact) mass is 220 g/mol. The maximum Gasteiger partial charge on any atom is 0.0945 e. The fourth-order valence-electron chi connectivity index (χ4n) is 2.37. The first-order valence-corrected chi connectivity index (χ1v) is 6.02. The summed E-state index contributed by atoms with van der Waals surface area (Å²) in [5, 5.41) is 10.3. The standard InChI is InChI=1S/C14H20O2/c1-3-4-11-5-7-12(8-6-11)14(15)9-13(10-14)16-2/h5-8,13,15H,3-4,9-10H2,1-2H3. The summed E-state index contributed by atoms with van der Waals surface area (Å²) >= 11 is 0. The number of benzene rings is 1. The van der Waals surface area contributed by atoms with Gasteiger partial charge < -0.3 is 9.84 Å². The zero-order chi connectivity index (χ0) is 11.6. The average molecular weight is 220 g/mol. The van der Waals surface area contributed by atoms with Gasteiger partial charge in [-0.25, -0.2) is 0 Å². The van der Waals surface area contributed by atoms with E-state index in [0.717, 1.165) is 31.2 Å². The molecule has 0 radical (unpaired) electrons. The molecular weight excluding hydrogens is 200 g/mol. The molecule has 88 valence electrons. The van der Waals surface area contributed by atoms with Crippen molar-refractivity contribution >= 4 is 0 Å². The molecule has 0 atom stereocenters. The number of methoxy groups -OCH3 is 1. The van der Waals surface area contributed by atoms with Gasteiger partial charge in [0.1, 0.15) is 0 Å². The molecule has 0 spiro atoms. The number of rotatable bonds is 4. The largest absolute Gasteiger partial charge is 0.385 e. The lowest BCUT2D eigenvalue weighted by Gasteiger charge is -2.43. The van der Waals surface area contributed by atoms with Gasteiger partial charge in [-0.3, -0.25) is 0 Å². The summed E-state index contributed by atoms with van der Waals surface area (Å²) in [7, 11) is 1.70. The van der Waals surface area contributed by atoms with Crippen molar-refractivity contribution in [3.63, 3.8) is 0 Å². The molecule has 0 aliphatic heterocycles. The third-order valence-corrected chi connectivity index (χ3v) is 3.49. The molecule has 0 aromatic heterocycles. The lowest BCUT2D eigenvalue weighted by Crippen LogP contribution is -2.45. The topological polar surface area (TPSA) is 29.5 Å². The molecule has 0 amide bonds. The van der Waals surface area contributed by atoms with Crippen molar-refractivity contribution in [3.8, 4) is 0 Å². The fraction of sp³-hybridized carbons (Fsp3) is 0.571. The lowest BCUT2D eigenvalue weighted by atomic mass is 9.72. The summed E-state index contributed by atoms with van der Waals surface area (Å²) in [5.74, 6) is 0. The molecule has 16 heavy (non-hydrogen) atoms. The predicted molar refractivity (Wildman–Crippen MR) is 64.4 cm³/mol. The second-order valence-electron chi connectivity index (χ2n) is 4.74. The molecule has 1 fully saturated rings. The number of aliphatic hydroxyl groups is 1. The molecule has 0 heterocycles. The Morgan fingerprint density at radius 2 is 1.94 bits per heavy atom. The molecule has 0 bridgehead atoms. The van der Waals surface area contributed by atoms with Crippen LogP contribution in [0.15, 0.2) is 24.3 Å². The molecule has 2 rings (SSSR count). The van der Waals surface area contributed by atoms with E-state index in [0.29, 0.717) is 0 Å². The van der Waals surface area contributed by atoms with E-state index in [1.807, 2.05) is 0 Å². The highest BCUT2D eigenvalue weighted by molar-refractivity contribution is 5.29. The SMILES string of the molecule is CCCc1ccc(C2(O)CC(OC)C2)cc1. The van der Waals surface area contributed by atoms with Gasteiger partial charge in [0.25, 0.3) is 0 Å².